The quantitative estimate of drug-likeness (QED) is 0.569. The van der Waals surface area contributed by atoms with Crippen molar-refractivity contribution in [3.05, 3.63) is 30.3 Å². The molecule has 0 radical (unpaired) electrons. The first-order chi connectivity index (χ1) is 5.13. The van der Waals surface area contributed by atoms with Crippen LogP contribution in [0.4, 0.5) is 0 Å². The Labute approximate surface area is 66.6 Å². The molecule has 1 aromatic rings. The number of benzene rings is 1. The lowest BCUT2D eigenvalue weighted by Gasteiger charge is -1.83. The van der Waals surface area contributed by atoms with Gasteiger partial charge in [-0.25, -0.2) is 4.21 Å². The number of rotatable bonds is 0. The van der Waals surface area contributed by atoms with Crippen molar-refractivity contribution in [2.75, 3.05) is 0 Å². The largest absolute Gasteiger partial charge is 0.750 e. The number of para-hydroxylation sites is 1. The minimum atomic E-state index is -2.86. The molecule has 0 aromatic heterocycles. The van der Waals surface area contributed by atoms with Crippen molar-refractivity contribution >= 4 is 11.4 Å². The van der Waals surface area contributed by atoms with Crippen molar-refractivity contribution in [3.8, 4) is 5.75 Å². The minimum absolute atomic E-state index is 0.322. The third-order valence-corrected chi connectivity index (χ3v) is 0.756. The third kappa shape index (κ3) is 9.09. The van der Waals surface area contributed by atoms with Gasteiger partial charge in [-0.2, -0.15) is 0 Å². The molecule has 5 heteroatoms. The number of phenols is 1. The van der Waals surface area contributed by atoms with Crippen LogP contribution in [0.3, 0.4) is 0 Å². The highest BCUT2D eigenvalue weighted by Crippen LogP contribution is 2.02. The summed E-state index contributed by atoms with van der Waals surface area (Å²) >= 11 is -2.86. The molecule has 1 rings (SSSR count). The van der Waals surface area contributed by atoms with Crippen LogP contribution in [0.2, 0.25) is 0 Å². The fraction of sp³-hybridized carbons (Fsp3) is 0. The summed E-state index contributed by atoms with van der Waals surface area (Å²) in [4.78, 5) is 0. The zero-order valence-corrected chi connectivity index (χ0v) is 6.32. The molecule has 0 amide bonds. The first-order valence-electron chi connectivity index (χ1n) is 2.65. The first-order valence-corrected chi connectivity index (χ1v) is 3.68. The first kappa shape index (κ1) is 10.1. The van der Waals surface area contributed by atoms with Crippen molar-refractivity contribution in [1.29, 1.82) is 0 Å². The van der Waals surface area contributed by atoms with Gasteiger partial charge >= 0.3 is 0 Å². The SMILES string of the molecule is O=S([O-])O.Oc1ccccc1. The Kier molecular flexibility index (Phi) is 5.36. The molecule has 62 valence electrons. The lowest BCUT2D eigenvalue weighted by Crippen LogP contribution is -1.75. The lowest BCUT2D eigenvalue weighted by molar-refractivity contribution is 0.436. The van der Waals surface area contributed by atoms with Crippen LogP contribution in [0.25, 0.3) is 0 Å². The van der Waals surface area contributed by atoms with Gasteiger partial charge < -0.3 is 14.2 Å². The van der Waals surface area contributed by atoms with E-state index in [0.717, 1.165) is 0 Å². The maximum Gasteiger partial charge on any atom is 0.115 e. The molecule has 0 aliphatic carbocycles. The van der Waals surface area contributed by atoms with Crippen LogP contribution in [0.1, 0.15) is 0 Å². The van der Waals surface area contributed by atoms with E-state index in [1.165, 1.54) is 0 Å². The Balaban J connectivity index is 0.000000218. The van der Waals surface area contributed by atoms with Crippen molar-refractivity contribution in [3.63, 3.8) is 0 Å². The molecular formula is C6H7O4S-. The Bertz CT molecular complexity index is 207. The van der Waals surface area contributed by atoms with E-state index in [9.17, 15) is 0 Å². The van der Waals surface area contributed by atoms with Crippen LogP contribution < -0.4 is 0 Å². The third-order valence-electron chi connectivity index (χ3n) is 0.756. The molecule has 4 nitrogen and oxygen atoms in total. The average Bonchev–Trinajstić information content (AvgIpc) is 1.87. The molecular weight excluding hydrogens is 168 g/mol. The molecule has 0 saturated carbocycles. The number of hydrogen-bond acceptors (Lipinski definition) is 3. The highest BCUT2D eigenvalue weighted by molar-refractivity contribution is 7.73. The molecule has 11 heavy (non-hydrogen) atoms. The molecule has 0 spiro atoms. The Morgan fingerprint density at radius 1 is 1.27 bits per heavy atom. The summed E-state index contributed by atoms with van der Waals surface area (Å²) in [5, 5.41) is 8.63. The van der Waals surface area contributed by atoms with Gasteiger partial charge in [-0.1, -0.05) is 18.2 Å². The molecule has 0 bridgehead atoms. The Morgan fingerprint density at radius 2 is 1.64 bits per heavy atom. The van der Waals surface area contributed by atoms with E-state index in [-0.39, 0.29) is 0 Å². The fourth-order valence-corrected chi connectivity index (χ4v) is 0.428. The van der Waals surface area contributed by atoms with Gasteiger partial charge in [-0.3, -0.25) is 0 Å². The molecule has 1 aromatic carbocycles. The molecule has 0 aliphatic heterocycles. The molecule has 0 fully saturated rings. The molecule has 0 aliphatic rings. The van der Waals surface area contributed by atoms with Crippen molar-refractivity contribution in [2.24, 2.45) is 0 Å². The van der Waals surface area contributed by atoms with Gasteiger partial charge in [0.05, 0.1) is 11.4 Å². The topological polar surface area (TPSA) is 80.6 Å². The van der Waals surface area contributed by atoms with Crippen molar-refractivity contribution < 1.29 is 18.4 Å². The van der Waals surface area contributed by atoms with Crippen molar-refractivity contribution in [2.45, 2.75) is 0 Å². The molecule has 0 saturated heterocycles. The van der Waals surface area contributed by atoms with Gasteiger partial charge in [0.1, 0.15) is 5.75 Å². The van der Waals surface area contributed by atoms with Crippen LogP contribution in [-0.2, 0) is 11.4 Å². The summed E-state index contributed by atoms with van der Waals surface area (Å²) in [5.74, 6) is 0.322. The minimum Gasteiger partial charge on any atom is -0.750 e. The molecule has 0 heterocycles. The highest BCUT2D eigenvalue weighted by atomic mass is 32.2. The Hall–Kier alpha value is -0.910. The van der Waals surface area contributed by atoms with Gasteiger partial charge in [0.25, 0.3) is 0 Å². The van der Waals surface area contributed by atoms with E-state index in [1.807, 2.05) is 6.07 Å². The zero-order valence-electron chi connectivity index (χ0n) is 5.51. The molecule has 1 unspecified atom stereocenters. The van der Waals surface area contributed by atoms with Gasteiger partial charge in [-0.15, -0.1) is 0 Å². The smallest absolute Gasteiger partial charge is 0.115 e. The summed E-state index contributed by atoms with van der Waals surface area (Å²) in [7, 11) is 0. The average molecular weight is 175 g/mol. The summed E-state index contributed by atoms with van der Waals surface area (Å²) in [5.41, 5.74) is 0. The maximum atomic E-state index is 8.63. The number of hydrogen-bond donors (Lipinski definition) is 2. The van der Waals surface area contributed by atoms with E-state index >= 15 is 0 Å². The van der Waals surface area contributed by atoms with Gasteiger partial charge in [0.15, 0.2) is 0 Å². The number of phenolic OH excluding ortho intramolecular Hbond substituents is 1. The normalized spacial score (nSPS) is 11.1. The van der Waals surface area contributed by atoms with E-state index in [0.29, 0.717) is 5.75 Å². The van der Waals surface area contributed by atoms with Gasteiger partial charge in [-0.05, 0) is 12.1 Å². The lowest BCUT2D eigenvalue weighted by atomic mass is 10.3. The van der Waals surface area contributed by atoms with Crippen molar-refractivity contribution in [1.82, 2.24) is 0 Å². The van der Waals surface area contributed by atoms with Crippen LogP contribution in [0.5, 0.6) is 5.75 Å². The fourth-order valence-electron chi connectivity index (χ4n) is 0.428. The van der Waals surface area contributed by atoms with E-state index in [4.69, 9.17) is 18.4 Å². The van der Waals surface area contributed by atoms with Crippen LogP contribution in [0.15, 0.2) is 30.3 Å². The van der Waals surface area contributed by atoms with Crippen LogP contribution >= 0.6 is 0 Å². The second kappa shape index (κ2) is 5.84. The van der Waals surface area contributed by atoms with Crippen LogP contribution in [0, 0.1) is 0 Å². The molecule has 1 atom stereocenters. The van der Waals surface area contributed by atoms with Crippen LogP contribution in [-0.4, -0.2) is 18.4 Å². The second-order valence-electron chi connectivity index (χ2n) is 1.55. The Morgan fingerprint density at radius 3 is 1.82 bits per heavy atom. The summed E-state index contributed by atoms with van der Waals surface area (Å²) in [6.07, 6.45) is 0. The van der Waals surface area contributed by atoms with E-state index in [2.05, 4.69) is 0 Å². The van der Waals surface area contributed by atoms with E-state index < -0.39 is 11.4 Å². The van der Waals surface area contributed by atoms with E-state index in [1.54, 1.807) is 24.3 Å². The second-order valence-corrected chi connectivity index (χ2v) is 1.99. The highest BCUT2D eigenvalue weighted by Gasteiger charge is 1.74. The predicted octanol–water partition coefficient (Wildman–Crippen LogP) is 0.731. The molecule has 2 N–H and O–H groups in total. The van der Waals surface area contributed by atoms with Gasteiger partial charge in [0, 0.05) is 0 Å². The summed E-state index contributed by atoms with van der Waals surface area (Å²) in [6.45, 7) is 0. The summed E-state index contributed by atoms with van der Waals surface area (Å²) < 4.78 is 24.1. The number of aromatic hydroxyl groups is 1. The zero-order chi connectivity index (χ0) is 8.69. The maximum absolute atomic E-state index is 8.63. The monoisotopic (exact) mass is 175 g/mol. The summed E-state index contributed by atoms with van der Waals surface area (Å²) in [6, 6.07) is 8.71. The predicted molar refractivity (Wildman–Crippen MR) is 39.7 cm³/mol. The standard InChI is InChI=1S/C6H6O.H2O3S/c7-6-4-2-1-3-5-6;1-4(2)3/h1-5,7H;(H2,1,2,3)/p-1. The van der Waals surface area contributed by atoms with Gasteiger partial charge in [0.2, 0.25) is 0 Å².